The molecule has 18 heavy (non-hydrogen) atoms. The zero-order chi connectivity index (χ0) is 13.4. The van der Waals surface area contributed by atoms with Crippen molar-refractivity contribution >= 4 is 44.2 Å². The maximum absolute atomic E-state index is 3.77. The fourth-order valence-corrected chi connectivity index (χ4v) is 8.23. The summed E-state index contributed by atoms with van der Waals surface area (Å²) < 4.78 is 0. The molecular formula is C14H28Br2P2. The Morgan fingerprint density at radius 1 is 0.722 bits per heavy atom. The van der Waals surface area contributed by atoms with Gasteiger partial charge in [-0.15, -0.1) is 0 Å². The Bertz CT molecular complexity index is 180. The monoisotopic (exact) mass is 416 g/mol. The molecule has 0 aromatic heterocycles. The van der Waals surface area contributed by atoms with Gasteiger partial charge in [-0.3, -0.25) is 0 Å². The topological polar surface area (TPSA) is 0 Å². The highest BCUT2D eigenvalue weighted by molar-refractivity contribution is 9.39. The van der Waals surface area contributed by atoms with Crippen LogP contribution in [0.3, 0.4) is 0 Å². The van der Waals surface area contributed by atoms with Gasteiger partial charge in [0.1, 0.15) is 0 Å². The third-order valence-electron chi connectivity index (χ3n) is 4.05. The molecule has 2 saturated carbocycles. The summed E-state index contributed by atoms with van der Waals surface area (Å²) in [6, 6.07) is 0. The van der Waals surface area contributed by atoms with Crippen LogP contribution < -0.4 is 0 Å². The molecule has 0 aromatic rings. The summed E-state index contributed by atoms with van der Waals surface area (Å²) in [6.45, 7) is 5.05. The maximum atomic E-state index is 3.77. The van der Waals surface area contributed by atoms with Gasteiger partial charge in [0.2, 0.25) is 0 Å². The Kier molecular flexibility index (Phi) is 10.5. The molecule has 2 unspecified atom stereocenters. The summed E-state index contributed by atoms with van der Waals surface area (Å²) in [5.74, 6) is 0. The second-order valence-corrected chi connectivity index (χ2v) is 15.1. The molecule has 2 aliphatic rings. The van der Waals surface area contributed by atoms with Crippen molar-refractivity contribution in [1.29, 1.82) is 0 Å². The lowest BCUT2D eigenvalue weighted by molar-refractivity contribution is 0.886. The molecule has 0 aliphatic heterocycles. The van der Waals surface area contributed by atoms with Crippen LogP contribution in [0.15, 0.2) is 0 Å². The summed E-state index contributed by atoms with van der Waals surface area (Å²) in [6.07, 6.45) is 14.6. The summed E-state index contributed by atoms with van der Waals surface area (Å²) in [4.78, 5) is 0. The Morgan fingerprint density at radius 3 is 1.22 bits per heavy atom. The van der Waals surface area contributed by atoms with Crippen molar-refractivity contribution in [2.75, 3.05) is 12.3 Å². The molecule has 0 bridgehead atoms. The van der Waals surface area contributed by atoms with Crippen molar-refractivity contribution < 1.29 is 0 Å². The van der Waals surface area contributed by atoms with E-state index in [-0.39, 0.29) is 13.2 Å². The minimum absolute atomic E-state index is 0.233. The quantitative estimate of drug-likeness (QED) is 0.415. The van der Waals surface area contributed by atoms with E-state index in [1.807, 2.05) is 0 Å². The van der Waals surface area contributed by atoms with Gasteiger partial charge in [0, 0.05) is 0 Å². The first kappa shape index (κ1) is 17.9. The molecule has 2 fully saturated rings. The van der Waals surface area contributed by atoms with Gasteiger partial charge in [0.25, 0.3) is 0 Å². The molecule has 0 saturated heterocycles. The lowest BCUT2D eigenvalue weighted by Gasteiger charge is -2.13. The van der Waals surface area contributed by atoms with E-state index in [0.29, 0.717) is 0 Å². The van der Waals surface area contributed by atoms with Crippen LogP contribution >= 0.6 is 44.2 Å². The zero-order valence-electron chi connectivity index (χ0n) is 11.9. The largest absolute Gasteiger partial charge is 0.0606 e. The van der Waals surface area contributed by atoms with E-state index in [0.717, 1.165) is 11.3 Å². The van der Waals surface area contributed by atoms with E-state index in [2.05, 4.69) is 44.8 Å². The first-order valence-electron chi connectivity index (χ1n) is 7.53. The van der Waals surface area contributed by atoms with Crippen molar-refractivity contribution in [1.82, 2.24) is 0 Å². The van der Waals surface area contributed by atoms with Gasteiger partial charge < -0.3 is 0 Å². The van der Waals surface area contributed by atoms with E-state index in [1.165, 1.54) is 63.7 Å². The normalized spacial score (nSPS) is 24.7. The van der Waals surface area contributed by atoms with Gasteiger partial charge in [-0.25, -0.2) is 0 Å². The molecule has 0 spiro atoms. The number of hydrogen-bond acceptors (Lipinski definition) is 0. The van der Waals surface area contributed by atoms with Crippen molar-refractivity contribution in [3.05, 3.63) is 0 Å². The zero-order valence-corrected chi connectivity index (χ0v) is 16.8. The average molecular weight is 418 g/mol. The minimum atomic E-state index is 0.233. The van der Waals surface area contributed by atoms with Crippen LogP contribution in [0.2, 0.25) is 0 Å². The van der Waals surface area contributed by atoms with E-state index in [4.69, 9.17) is 0 Å². The molecule has 0 amide bonds. The van der Waals surface area contributed by atoms with Crippen molar-refractivity contribution in [2.24, 2.45) is 0 Å². The highest BCUT2D eigenvalue weighted by atomic mass is 79.9. The molecule has 108 valence electrons. The van der Waals surface area contributed by atoms with Gasteiger partial charge in [0.15, 0.2) is 0 Å². The Balaban J connectivity index is 0.000000180. The van der Waals surface area contributed by atoms with Gasteiger partial charge in [-0.05, 0) is 62.6 Å². The molecule has 2 rings (SSSR count). The Morgan fingerprint density at radius 2 is 1.00 bits per heavy atom. The van der Waals surface area contributed by atoms with Crippen molar-refractivity contribution in [3.8, 4) is 0 Å². The van der Waals surface area contributed by atoms with Crippen LogP contribution in [0.5, 0.6) is 0 Å². The van der Waals surface area contributed by atoms with E-state index in [1.54, 1.807) is 0 Å². The average Bonchev–Trinajstić information content (AvgIpc) is 3.09. The molecule has 2 aliphatic carbocycles. The smallest absolute Gasteiger partial charge is 0.0111 e. The third kappa shape index (κ3) is 6.51. The maximum Gasteiger partial charge on any atom is -0.0111 e. The molecule has 0 aromatic carbocycles. The summed E-state index contributed by atoms with van der Waals surface area (Å²) in [5.41, 5.74) is 2.12. The van der Waals surface area contributed by atoms with Crippen molar-refractivity contribution in [2.45, 2.75) is 76.5 Å². The highest BCUT2D eigenvalue weighted by Crippen LogP contribution is 2.54. The predicted octanol–water partition coefficient (Wildman–Crippen LogP) is 7.48. The van der Waals surface area contributed by atoms with Gasteiger partial charge >= 0.3 is 0 Å². The summed E-state index contributed by atoms with van der Waals surface area (Å²) >= 11 is 7.54. The fraction of sp³-hybridized carbons (Fsp3) is 1.00. The highest BCUT2D eigenvalue weighted by Gasteiger charge is 2.21. The fourth-order valence-electron chi connectivity index (χ4n) is 2.89. The second-order valence-electron chi connectivity index (χ2n) is 5.31. The lowest BCUT2D eigenvalue weighted by atomic mass is 10.4. The molecule has 0 N–H and O–H groups in total. The third-order valence-corrected chi connectivity index (χ3v) is 14.4. The predicted molar refractivity (Wildman–Crippen MR) is 97.3 cm³/mol. The first-order valence-corrected chi connectivity index (χ1v) is 14.8. The molecule has 0 heterocycles. The van der Waals surface area contributed by atoms with E-state index >= 15 is 0 Å². The second kappa shape index (κ2) is 10.5. The van der Waals surface area contributed by atoms with Crippen LogP contribution in [-0.4, -0.2) is 23.6 Å². The number of rotatable bonds is 4. The van der Waals surface area contributed by atoms with Gasteiger partial charge in [-0.2, -0.15) is 0 Å². The summed E-state index contributed by atoms with van der Waals surface area (Å²) in [7, 11) is 0. The lowest BCUT2D eigenvalue weighted by Crippen LogP contribution is -1.94. The summed E-state index contributed by atoms with van der Waals surface area (Å²) in [5, 5.41) is 0. The standard InChI is InChI=1S/2C7H14BrP/c2*1-2-9(8)7-5-3-4-6-7/h2*7H,2-6H2,1H3. The van der Waals surface area contributed by atoms with Crippen LogP contribution in [0.25, 0.3) is 0 Å². The first-order chi connectivity index (χ1) is 8.69. The van der Waals surface area contributed by atoms with Crippen LogP contribution in [0.1, 0.15) is 65.2 Å². The number of halogens is 2. The molecule has 4 heteroatoms. The minimum Gasteiger partial charge on any atom is -0.0606 e. The van der Waals surface area contributed by atoms with Crippen LogP contribution in [-0.2, 0) is 0 Å². The molecule has 0 radical (unpaired) electrons. The molecule has 0 nitrogen and oxygen atoms in total. The van der Waals surface area contributed by atoms with Gasteiger partial charge in [0.05, 0.1) is 0 Å². The Hall–Kier alpha value is 1.82. The van der Waals surface area contributed by atoms with Crippen LogP contribution in [0, 0.1) is 0 Å². The van der Waals surface area contributed by atoms with Crippen LogP contribution in [0.4, 0.5) is 0 Å². The SMILES string of the molecule is CCP(Br)C1CCCC1.CCP(Br)C1CCCC1. The van der Waals surface area contributed by atoms with Crippen molar-refractivity contribution in [3.63, 3.8) is 0 Å². The molecule has 2 atom stereocenters. The Labute approximate surface area is 132 Å². The van der Waals surface area contributed by atoms with E-state index in [9.17, 15) is 0 Å². The molecular weight excluding hydrogens is 390 g/mol. The number of hydrogen-bond donors (Lipinski definition) is 0. The van der Waals surface area contributed by atoms with Gasteiger partial charge in [-0.1, -0.05) is 70.5 Å². The van der Waals surface area contributed by atoms with E-state index < -0.39 is 0 Å².